The molecule has 1 amide bonds. The van der Waals surface area contributed by atoms with Crippen LogP contribution in [0.1, 0.15) is 59.8 Å². The van der Waals surface area contributed by atoms with Crippen molar-refractivity contribution in [3.8, 4) is 11.1 Å². The van der Waals surface area contributed by atoms with Crippen LogP contribution in [-0.2, 0) is 0 Å². The number of hydrogen-bond donors (Lipinski definition) is 1. The lowest BCUT2D eigenvalue weighted by Crippen LogP contribution is -2.15. The minimum atomic E-state index is -0.430. The van der Waals surface area contributed by atoms with Crippen LogP contribution in [-0.4, -0.2) is 30.4 Å². The number of rotatable bonds is 5. The summed E-state index contributed by atoms with van der Waals surface area (Å²) < 4.78 is 1.88. The summed E-state index contributed by atoms with van der Waals surface area (Å²) >= 11 is 0. The molecule has 2 heterocycles. The van der Waals surface area contributed by atoms with E-state index in [0.29, 0.717) is 22.9 Å². The van der Waals surface area contributed by atoms with Gasteiger partial charge >= 0.3 is 0 Å². The van der Waals surface area contributed by atoms with Gasteiger partial charge in [-0.1, -0.05) is 31.4 Å². The van der Waals surface area contributed by atoms with Crippen LogP contribution < -0.4 is 5.32 Å². The molecule has 9 heteroatoms. The molecular weight excluding hydrogens is 432 g/mol. The molecule has 2 aromatic heterocycles. The van der Waals surface area contributed by atoms with Crippen molar-refractivity contribution in [1.82, 2.24) is 19.6 Å². The van der Waals surface area contributed by atoms with Crippen molar-refractivity contribution in [2.24, 2.45) is 0 Å². The first-order valence-corrected chi connectivity index (χ1v) is 11.4. The highest BCUT2D eigenvalue weighted by atomic mass is 16.6. The molecule has 5 rings (SSSR count). The Morgan fingerprint density at radius 3 is 2.59 bits per heavy atom. The quantitative estimate of drug-likeness (QED) is 0.321. The monoisotopic (exact) mass is 456 g/mol. The van der Waals surface area contributed by atoms with E-state index in [1.165, 1.54) is 31.4 Å². The maximum atomic E-state index is 13.2. The molecule has 0 atom stereocenters. The first-order valence-electron chi connectivity index (χ1n) is 11.4. The molecule has 0 radical (unpaired) electrons. The lowest BCUT2D eigenvalue weighted by molar-refractivity contribution is -0.384. The van der Waals surface area contributed by atoms with E-state index < -0.39 is 4.92 Å². The van der Waals surface area contributed by atoms with Crippen molar-refractivity contribution in [2.75, 3.05) is 5.32 Å². The number of nitro benzene ring substituents is 1. The number of aromatic nitrogens is 4. The van der Waals surface area contributed by atoms with Gasteiger partial charge in [-0.2, -0.15) is 0 Å². The van der Waals surface area contributed by atoms with E-state index in [9.17, 15) is 14.9 Å². The predicted octanol–water partition coefficient (Wildman–Crippen LogP) is 5.31. The van der Waals surface area contributed by atoms with Crippen LogP contribution >= 0.6 is 0 Å². The Morgan fingerprint density at radius 1 is 1.09 bits per heavy atom. The van der Waals surface area contributed by atoms with Gasteiger partial charge in [-0.25, -0.2) is 4.98 Å². The molecule has 172 valence electrons. The zero-order chi connectivity index (χ0) is 23.7. The van der Waals surface area contributed by atoms with Gasteiger partial charge in [0.1, 0.15) is 5.82 Å². The highest BCUT2D eigenvalue weighted by molar-refractivity contribution is 6.06. The topological polar surface area (TPSA) is 115 Å². The first-order chi connectivity index (χ1) is 16.5. The molecule has 1 aliphatic carbocycles. The standard InChI is InChI=1S/C25H24N6O3/c1-16-21(17-10-12-20(13-11-17)31(33)34)8-5-9-22(16)24(32)27-19-14-26-25-29-28-23(30(25)15-19)18-6-3-2-4-7-18/h5,8-15,18H,2-4,6-7H2,1H3,(H,27,32). The second-order valence-electron chi connectivity index (χ2n) is 8.64. The smallest absolute Gasteiger partial charge is 0.269 e. The summed E-state index contributed by atoms with van der Waals surface area (Å²) in [6.45, 7) is 1.87. The third-order valence-corrected chi connectivity index (χ3v) is 6.49. The fourth-order valence-electron chi connectivity index (χ4n) is 4.67. The average Bonchev–Trinajstić information content (AvgIpc) is 3.28. The molecule has 4 aromatic rings. The molecule has 1 saturated carbocycles. The van der Waals surface area contributed by atoms with Gasteiger partial charge in [-0.3, -0.25) is 19.3 Å². The van der Waals surface area contributed by atoms with Crippen LogP contribution in [0.3, 0.4) is 0 Å². The number of hydrogen-bond acceptors (Lipinski definition) is 6. The Bertz CT molecular complexity index is 1370. The van der Waals surface area contributed by atoms with Gasteiger partial charge in [0.05, 0.1) is 16.8 Å². The Labute approximate surface area is 196 Å². The summed E-state index contributed by atoms with van der Waals surface area (Å²) in [6, 6.07) is 11.8. The van der Waals surface area contributed by atoms with Gasteiger partial charge in [-0.05, 0) is 54.7 Å². The predicted molar refractivity (Wildman–Crippen MR) is 128 cm³/mol. The van der Waals surface area contributed by atoms with Crippen molar-refractivity contribution < 1.29 is 9.72 Å². The number of carbonyl (C=O) groups excluding carboxylic acids is 1. The number of carbonyl (C=O) groups is 1. The summed E-state index contributed by atoms with van der Waals surface area (Å²) in [5.41, 5.74) is 3.55. The Kier molecular flexibility index (Phi) is 5.75. The molecule has 9 nitrogen and oxygen atoms in total. The van der Waals surface area contributed by atoms with E-state index in [2.05, 4.69) is 20.5 Å². The Morgan fingerprint density at radius 2 is 1.85 bits per heavy atom. The second-order valence-corrected chi connectivity index (χ2v) is 8.64. The van der Waals surface area contributed by atoms with Crippen molar-refractivity contribution in [3.63, 3.8) is 0 Å². The number of nitrogens with zero attached hydrogens (tertiary/aromatic N) is 5. The van der Waals surface area contributed by atoms with Gasteiger partial charge in [0.2, 0.25) is 0 Å². The normalized spacial score (nSPS) is 14.3. The van der Waals surface area contributed by atoms with Crippen LogP contribution in [0.5, 0.6) is 0 Å². The molecule has 1 aliphatic rings. The molecule has 1 fully saturated rings. The summed E-state index contributed by atoms with van der Waals surface area (Å²) in [6.07, 6.45) is 9.23. The van der Waals surface area contributed by atoms with E-state index in [0.717, 1.165) is 35.4 Å². The fourth-order valence-corrected chi connectivity index (χ4v) is 4.67. The fraction of sp³-hybridized carbons (Fsp3) is 0.280. The third kappa shape index (κ3) is 4.12. The molecule has 0 aliphatic heterocycles. The number of amides is 1. The van der Waals surface area contributed by atoms with E-state index >= 15 is 0 Å². The molecule has 0 unspecified atom stereocenters. The van der Waals surface area contributed by atoms with Crippen molar-refractivity contribution in [2.45, 2.75) is 44.9 Å². The summed E-state index contributed by atoms with van der Waals surface area (Å²) in [7, 11) is 0. The zero-order valence-corrected chi connectivity index (χ0v) is 18.8. The van der Waals surface area contributed by atoms with Gasteiger partial charge in [0.25, 0.3) is 17.4 Å². The van der Waals surface area contributed by atoms with Gasteiger partial charge in [0.15, 0.2) is 0 Å². The molecule has 2 aromatic carbocycles. The number of fused-ring (bicyclic) bond motifs is 1. The number of non-ortho nitro benzene ring substituents is 1. The van der Waals surface area contributed by atoms with E-state index in [4.69, 9.17) is 0 Å². The van der Waals surface area contributed by atoms with Gasteiger partial charge in [-0.15, -0.1) is 10.2 Å². The lowest BCUT2D eigenvalue weighted by Gasteiger charge is -2.19. The lowest BCUT2D eigenvalue weighted by atomic mass is 9.89. The van der Waals surface area contributed by atoms with Gasteiger partial charge in [0, 0.05) is 29.8 Å². The number of benzene rings is 2. The van der Waals surface area contributed by atoms with Crippen LogP contribution in [0.4, 0.5) is 11.4 Å². The van der Waals surface area contributed by atoms with Crippen molar-refractivity contribution in [3.05, 3.63) is 81.9 Å². The van der Waals surface area contributed by atoms with Crippen LogP contribution in [0.2, 0.25) is 0 Å². The molecular formula is C25H24N6O3. The SMILES string of the molecule is Cc1c(C(=O)Nc2cnc3nnc(C4CCCCC4)n3c2)cccc1-c1ccc([N+](=O)[O-])cc1. The summed E-state index contributed by atoms with van der Waals surface area (Å²) in [5.74, 6) is 1.52. The van der Waals surface area contributed by atoms with E-state index in [1.807, 2.05) is 23.6 Å². The highest BCUT2D eigenvalue weighted by Crippen LogP contribution is 2.32. The maximum absolute atomic E-state index is 13.2. The largest absolute Gasteiger partial charge is 0.319 e. The molecule has 1 N–H and O–H groups in total. The average molecular weight is 457 g/mol. The molecule has 34 heavy (non-hydrogen) atoms. The van der Waals surface area contributed by atoms with Crippen LogP contribution in [0.25, 0.3) is 16.9 Å². The number of nitro groups is 1. The zero-order valence-electron chi connectivity index (χ0n) is 18.8. The van der Waals surface area contributed by atoms with Crippen LogP contribution in [0, 0.1) is 17.0 Å². The molecule has 0 saturated heterocycles. The van der Waals surface area contributed by atoms with E-state index in [-0.39, 0.29) is 11.6 Å². The third-order valence-electron chi connectivity index (χ3n) is 6.49. The minimum Gasteiger partial charge on any atom is -0.319 e. The van der Waals surface area contributed by atoms with Crippen molar-refractivity contribution in [1.29, 1.82) is 0 Å². The van der Waals surface area contributed by atoms with Crippen molar-refractivity contribution >= 4 is 23.1 Å². The summed E-state index contributed by atoms with van der Waals surface area (Å²) in [4.78, 5) is 28.0. The summed E-state index contributed by atoms with van der Waals surface area (Å²) in [5, 5.41) is 22.5. The first kappa shape index (κ1) is 21.7. The second kappa shape index (κ2) is 9.01. The van der Waals surface area contributed by atoms with E-state index in [1.54, 1.807) is 30.5 Å². The number of nitrogens with one attached hydrogen (secondary N) is 1. The molecule has 0 spiro atoms. The highest BCUT2D eigenvalue weighted by Gasteiger charge is 2.22. The van der Waals surface area contributed by atoms with Gasteiger partial charge < -0.3 is 5.32 Å². The maximum Gasteiger partial charge on any atom is 0.269 e. The Balaban J connectivity index is 1.41. The Hall–Kier alpha value is -4.14. The minimum absolute atomic E-state index is 0.0276. The number of anilines is 1. The van der Waals surface area contributed by atoms with Crippen LogP contribution in [0.15, 0.2) is 54.9 Å². The molecule has 0 bridgehead atoms.